The lowest BCUT2D eigenvalue weighted by atomic mass is 9.80. The standard InChI is InChI=1S/C28H30N4O4.C21H23ClN4O3.C7H9BO3/c1-27(2,3)36-26(34)32-14-28(15-32)12-22-23(25(33)31-28)19-10-7-17-13-29-21(11-20(17)24(19)30-22)16-5-8-18(35-4)9-6-16;1-20(2,3)29-19(28)26-9-21(10-26)7-14-16(18(27)25-21)12-5-4-11-8-23-15(22)6-13(11)17(12)24-14;1-11-7-4-2-6(3-5-7)8(9)10/h5-6,8-9,11,13,30H,7,10,12,14-15H2,1-4H3,(H,31,33);6,8,24H,4-5,7,9-10H2,1-3H3,(H,25,27);2-5,9-10H,1H3. The van der Waals surface area contributed by atoms with Crippen LogP contribution < -0.4 is 25.6 Å². The molecule has 12 rings (SSSR count). The molecule has 4 aliphatic heterocycles. The number of amides is 4. The molecule has 18 nitrogen and oxygen atoms in total. The van der Waals surface area contributed by atoms with Gasteiger partial charge in [0.05, 0.1) is 53.5 Å². The Morgan fingerprint density at radius 1 is 0.645 bits per heavy atom. The number of methoxy groups -OCH3 is 2. The number of halogens is 1. The number of pyridine rings is 2. The van der Waals surface area contributed by atoms with Crippen molar-refractivity contribution in [2.75, 3.05) is 40.4 Å². The fourth-order valence-electron chi connectivity index (χ4n) is 11.0. The summed E-state index contributed by atoms with van der Waals surface area (Å²) in [6, 6.07) is 18.4. The van der Waals surface area contributed by atoms with Gasteiger partial charge in [0.25, 0.3) is 11.8 Å². The fourth-order valence-corrected chi connectivity index (χ4v) is 11.2. The predicted molar refractivity (Wildman–Crippen MR) is 286 cm³/mol. The molecule has 0 unspecified atom stereocenters. The first-order valence-corrected chi connectivity index (χ1v) is 25.8. The zero-order valence-corrected chi connectivity index (χ0v) is 44.7. The first-order chi connectivity index (χ1) is 36.0. The summed E-state index contributed by atoms with van der Waals surface area (Å²) in [5.74, 6) is 1.37. The van der Waals surface area contributed by atoms with Gasteiger partial charge in [0.15, 0.2) is 0 Å². The third-order valence-electron chi connectivity index (χ3n) is 14.4. The van der Waals surface area contributed by atoms with Crippen LogP contribution in [0.5, 0.6) is 11.5 Å². The highest BCUT2D eigenvalue weighted by Gasteiger charge is 2.53. The molecule has 6 aromatic rings. The summed E-state index contributed by atoms with van der Waals surface area (Å²) in [4.78, 5) is 70.3. The summed E-state index contributed by atoms with van der Waals surface area (Å²) in [5.41, 5.74) is 12.3. The molecule has 0 saturated carbocycles. The van der Waals surface area contributed by atoms with Gasteiger partial charge in [0.1, 0.15) is 27.9 Å². The maximum Gasteiger partial charge on any atom is 0.488 e. The number of aromatic nitrogens is 4. The first-order valence-electron chi connectivity index (χ1n) is 25.4. The van der Waals surface area contributed by atoms with Crippen LogP contribution in [0.1, 0.15) is 95.9 Å². The average Bonchev–Trinajstić information content (AvgIpc) is 4.00. The van der Waals surface area contributed by atoms with Crippen molar-refractivity contribution in [3.63, 3.8) is 0 Å². The highest BCUT2D eigenvalue weighted by atomic mass is 35.5. The lowest BCUT2D eigenvalue weighted by molar-refractivity contribution is -0.0171. The van der Waals surface area contributed by atoms with Crippen LogP contribution in [-0.2, 0) is 48.0 Å². The largest absolute Gasteiger partial charge is 0.497 e. The highest BCUT2D eigenvalue weighted by molar-refractivity contribution is 6.58. The van der Waals surface area contributed by atoms with Gasteiger partial charge in [-0.2, -0.15) is 0 Å². The van der Waals surface area contributed by atoms with E-state index in [2.05, 4.69) is 31.7 Å². The Bertz CT molecular complexity index is 3260. The zero-order valence-electron chi connectivity index (χ0n) is 43.9. The molecule has 8 heterocycles. The Labute approximate surface area is 446 Å². The maximum absolute atomic E-state index is 13.3. The number of hydrogen-bond acceptors (Lipinski definition) is 12. The van der Waals surface area contributed by atoms with Crippen LogP contribution in [0, 0.1) is 0 Å². The molecule has 2 fully saturated rings. The van der Waals surface area contributed by atoms with Crippen LogP contribution in [0.3, 0.4) is 0 Å². The molecule has 4 amide bonds. The molecule has 20 heteroatoms. The Balaban J connectivity index is 0.000000147. The number of ether oxygens (including phenoxy) is 4. The molecule has 2 saturated heterocycles. The van der Waals surface area contributed by atoms with Crippen LogP contribution in [0.15, 0.2) is 73.1 Å². The van der Waals surface area contributed by atoms with Gasteiger partial charge in [-0.1, -0.05) is 23.7 Å². The summed E-state index contributed by atoms with van der Waals surface area (Å²) in [6.07, 6.45) is 7.66. The quantitative estimate of drug-likeness (QED) is 0.0810. The van der Waals surface area contributed by atoms with Gasteiger partial charge in [-0.05, 0) is 143 Å². The highest BCUT2D eigenvalue weighted by Crippen LogP contribution is 2.43. The van der Waals surface area contributed by atoms with E-state index < -0.39 is 29.4 Å². The molecule has 2 aliphatic carbocycles. The number of carbonyl (C=O) groups is 4. The molecule has 2 spiro atoms. The minimum absolute atomic E-state index is 0.0644. The van der Waals surface area contributed by atoms with E-state index in [4.69, 9.17) is 45.6 Å². The van der Waals surface area contributed by atoms with Gasteiger partial charge in [-0.3, -0.25) is 14.6 Å². The monoisotopic (exact) mass is 1050 g/mol. The first kappa shape index (κ1) is 52.1. The Hall–Kier alpha value is -7.35. The van der Waals surface area contributed by atoms with Crippen molar-refractivity contribution in [2.24, 2.45) is 0 Å². The molecule has 6 aliphatic rings. The molecular formula is C56H62BClN8O10. The third-order valence-corrected chi connectivity index (χ3v) is 14.7. The normalized spacial score (nSPS) is 16.9. The van der Waals surface area contributed by atoms with Crippen molar-refractivity contribution in [2.45, 2.75) is 102 Å². The Morgan fingerprint density at radius 3 is 1.51 bits per heavy atom. The maximum atomic E-state index is 13.3. The minimum atomic E-state index is -1.40. The molecule has 76 heavy (non-hydrogen) atoms. The summed E-state index contributed by atoms with van der Waals surface area (Å²) >= 11 is 6.11. The van der Waals surface area contributed by atoms with Gasteiger partial charge in [0.2, 0.25) is 0 Å². The van der Waals surface area contributed by atoms with Crippen molar-refractivity contribution < 1.29 is 48.2 Å². The molecule has 0 radical (unpaired) electrons. The molecule has 4 aromatic heterocycles. The second kappa shape index (κ2) is 19.7. The number of rotatable bonds is 4. The summed E-state index contributed by atoms with van der Waals surface area (Å²) < 4.78 is 21.1. The van der Waals surface area contributed by atoms with E-state index in [1.165, 1.54) is 5.56 Å². The van der Waals surface area contributed by atoms with Gasteiger partial charge < -0.3 is 59.4 Å². The van der Waals surface area contributed by atoms with E-state index in [0.29, 0.717) is 55.4 Å². The average molecular weight is 1050 g/mol. The topological polar surface area (TPSA) is 234 Å². The predicted octanol–water partition coefficient (Wildman–Crippen LogP) is 6.61. The van der Waals surface area contributed by atoms with E-state index in [1.807, 2.05) is 84.3 Å². The van der Waals surface area contributed by atoms with Crippen molar-refractivity contribution in [3.8, 4) is 45.3 Å². The minimum Gasteiger partial charge on any atom is -0.497 e. The second-order valence-electron chi connectivity index (χ2n) is 22.4. The lowest BCUT2D eigenvalue weighted by Gasteiger charge is -2.51. The molecule has 396 valence electrons. The van der Waals surface area contributed by atoms with Crippen molar-refractivity contribution in [1.29, 1.82) is 0 Å². The van der Waals surface area contributed by atoms with E-state index in [-0.39, 0.29) is 24.0 Å². The van der Waals surface area contributed by atoms with Crippen molar-refractivity contribution in [3.05, 3.63) is 123 Å². The molecule has 2 aromatic carbocycles. The molecule has 0 bridgehead atoms. The Kier molecular flexibility index (Phi) is 13.5. The Morgan fingerprint density at radius 2 is 1.08 bits per heavy atom. The number of nitrogens with one attached hydrogen (secondary N) is 4. The number of benzene rings is 2. The molecule has 6 N–H and O–H groups in total. The molecular weight excluding hydrogens is 991 g/mol. The van der Waals surface area contributed by atoms with E-state index in [1.54, 1.807) is 48.3 Å². The number of aromatic amines is 2. The fraction of sp³-hybridized carbons (Fsp3) is 0.393. The number of H-pyrrole nitrogens is 2. The van der Waals surface area contributed by atoms with Crippen LogP contribution in [0.2, 0.25) is 5.15 Å². The molecule has 0 atom stereocenters. The number of nitrogens with zero attached hydrogens (tertiary/aromatic N) is 4. The van der Waals surface area contributed by atoms with Crippen LogP contribution in [-0.4, -0.2) is 134 Å². The SMILES string of the molecule is CC(C)(C)OC(=O)N1CC2(Cc3[nH]c4c(c3C(=O)N2)CCc2cnc(Cl)cc2-4)C1.COc1ccc(-c2cc3c(cn2)CCc2c-3[nH]c3c2C(=O)NC2(C3)CN(C(=O)OC(C)(C)C)C2)cc1.COc1ccc(B(O)O)cc1. The van der Waals surface area contributed by atoms with E-state index >= 15 is 0 Å². The number of aryl methyl sites for hydroxylation is 2. The van der Waals surface area contributed by atoms with E-state index in [0.717, 1.165) is 104 Å². The number of likely N-dealkylation sites (tertiary alicyclic amines) is 2. The van der Waals surface area contributed by atoms with Crippen molar-refractivity contribution in [1.82, 2.24) is 40.4 Å². The summed E-state index contributed by atoms with van der Waals surface area (Å²) in [6.45, 7) is 12.9. The smallest absolute Gasteiger partial charge is 0.488 e. The van der Waals surface area contributed by atoms with Crippen LogP contribution in [0.4, 0.5) is 9.59 Å². The van der Waals surface area contributed by atoms with E-state index in [9.17, 15) is 19.2 Å². The number of hydrogen-bond donors (Lipinski definition) is 6. The van der Waals surface area contributed by atoms with Crippen LogP contribution in [0.25, 0.3) is 33.8 Å². The number of fused-ring (bicyclic) bond motifs is 10. The van der Waals surface area contributed by atoms with Gasteiger partial charge in [0, 0.05) is 79.5 Å². The lowest BCUT2D eigenvalue weighted by Crippen LogP contribution is -2.74. The number of carbonyl (C=O) groups excluding carboxylic acids is 4. The summed E-state index contributed by atoms with van der Waals surface area (Å²) in [7, 11) is 1.81. The third kappa shape index (κ3) is 10.3. The van der Waals surface area contributed by atoms with Gasteiger partial charge in [-0.15, -0.1) is 0 Å². The second-order valence-corrected chi connectivity index (χ2v) is 22.8. The van der Waals surface area contributed by atoms with Gasteiger partial charge >= 0.3 is 19.3 Å². The summed E-state index contributed by atoms with van der Waals surface area (Å²) in [5, 5.41) is 24.2. The van der Waals surface area contributed by atoms with Gasteiger partial charge in [-0.25, -0.2) is 14.6 Å². The van der Waals surface area contributed by atoms with Crippen LogP contribution >= 0.6 is 11.6 Å². The van der Waals surface area contributed by atoms with Crippen molar-refractivity contribution >= 4 is 48.2 Å². The zero-order chi connectivity index (χ0) is 54.1.